The van der Waals surface area contributed by atoms with Gasteiger partial charge in [-0.1, -0.05) is 17.8 Å². The Morgan fingerprint density at radius 2 is 2.36 bits per heavy atom. The predicted octanol–water partition coefficient (Wildman–Crippen LogP) is 3.31. The van der Waals surface area contributed by atoms with E-state index in [2.05, 4.69) is 11.6 Å². The number of rotatable bonds is 4. The van der Waals surface area contributed by atoms with Gasteiger partial charge in [0.2, 0.25) is 17.7 Å². The van der Waals surface area contributed by atoms with Gasteiger partial charge in [-0.05, 0) is 35.5 Å². The predicted molar refractivity (Wildman–Crippen MR) is 89.8 cm³/mol. The number of hydrogen-bond donors (Lipinski definition) is 0. The molecule has 0 spiro atoms. The van der Waals surface area contributed by atoms with Crippen molar-refractivity contribution in [3.63, 3.8) is 0 Å². The number of benzene rings is 1. The van der Waals surface area contributed by atoms with Crippen LogP contribution in [0.3, 0.4) is 0 Å². The molecule has 0 aromatic heterocycles. The number of hydrogen-bond acceptors (Lipinski definition) is 7. The molecule has 0 atom stereocenters. The van der Waals surface area contributed by atoms with Gasteiger partial charge in [0.15, 0.2) is 11.5 Å². The fourth-order valence-electron chi connectivity index (χ4n) is 1.97. The molecule has 0 fully saturated rings. The number of thioether (sulfide) groups is 2. The lowest BCUT2D eigenvalue weighted by molar-refractivity contribution is -0.107. The highest BCUT2D eigenvalue weighted by Gasteiger charge is 2.24. The van der Waals surface area contributed by atoms with Crippen LogP contribution in [0.2, 0.25) is 0 Å². The van der Waals surface area contributed by atoms with Crippen LogP contribution < -0.4 is 14.2 Å². The Balaban J connectivity index is 1.90. The van der Waals surface area contributed by atoms with Crippen LogP contribution in [-0.2, 0) is 4.79 Å². The number of methoxy groups -OCH3 is 1. The van der Waals surface area contributed by atoms with Crippen molar-refractivity contribution >= 4 is 39.1 Å². The zero-order chi connectivity index (χ0) is 15.5. The van der Waals surface area contributed by atoms with E-state index in [0.29, 0.717) is 22.9 Å². The molecule has 22 heavy (non-hydrogen) atoms. The zero-order valence-electron chi connectivity index (χ0n) is 11.8. The van der Waals surface area contributed by atoms with Crippen LogP contribution >= 0.6 is 23.5 Å². The first-order chi connectivity index (χ1) is 10.7. The average molecular weight is 335 g/mol. The fourth-order valence-corrected chi connectivity index (χ4v) is 3.57. The highest BCUT2D eigenvalue weighted by molar-refractivity contribution is 8.45. The number of carbonyl (C=O) groups excluding carboxylic acids is 1. The molecule has 3 rings (SSSR count). The molecule has 2 aliphatic heterocycles. The van der Waals surface area contributed by atoms with Crippen LogP contribution in [0.1, 0.15) is 5.56 Å². The lowest BCUT2D eigenvalue weighted by atomic mass is 10.1. The third-order valence-electron chi connectivity index (χ3n) is 2.91. The van der Waals surface area contributed by atoms with Gasteiger partial charge in [-0.25, -0.2) is 4.99 Å². The second kappa shape index (κ2) is 6.50. The quantitative estimate of drug-likeness (QED) is 0.621. The Kier molecular flexibility index (Phi) is 4.44. The van der Waals surface area contributed by atoms with Crippen LogP contribution in [0.5, 0.6) is 17.2 Å². The lowest BCUT2D eigenvalue weighted by Crippen LogP contribution is -1.93. The van der Waals surface area contributed by atoms with Crippen molar-refractivity contribution in [1.29, 1.82) is 0 Å². The molecular weight excluding hydrogens is 322 g/mol. The van der Waals surface area contributed by atoms with Gasteiger partial charge in [-0.3, -0.25) is 4.79 Å². The maximum absolute atomic E-state index is 12.0. The van der Waals surface area contributed by atoms with E-state index in [9.17, 15) is 4.79 Å². The summed E-state index contributed by atoms with van der Waals surface area (Å²) in [5.41, 5.74) is 1.20. The minimum absolute atomic E-state index is 0.0665. The van der Waals surface area contributed by atoms with Gasteiger partial charge in [0, 0.05) is 5.75 Å². The molecule has 7 heteroatoms. The van der Waals surface area contributed by atoms with Crippen molar-refractivity contribution in [2.45, 2.75) is 0 Å². The molecule has 0 aliphatic carbocycles. The average Bonchev–Trinajstić information content (AvgIpc) is 3.11. The molecule has 1 aromatic carbocycles. The first-order valence-corrected chi connectivity index (χ1v) is 8.25. The Morgan fingerprint density at radius 3 is 3.14 bits per heavy atom. The van der Waals surface area contributed by atoms with Gasteiger partial charge in [0.25, 0.3) is 0 Å². The molecule has 0 radical (unpaired) electrons. The Labute approximate surface area is 136 Å². The molecule has 5 nitrogen and oxygen atoms in total. The fraction of sp³-hybridized carbons (Fsp3) is 0.200. The number of nitrogens with zero attached hydrogens (tertiary/aromatic N) is 1. The van der Waals surface area contributed by atoms with Crippen molar-refractivity contribution in [1.82, 2.24) is 0 Å². The van der Waals surface area contributed by atoms with Crippen LogP contribution in [-0.4, -0.2) is 29.1 Å². The molecule has 0 N–H and O–H groups in total. The third kappa shape index (κ3) is 3.00. The molecule has 2 aliphatic rings. The van der Waals surface area contributed by atoms with Gasteiger partial charge in [0.1, 0.15) is 10.1 Å². The van der Waals surface area contributed by atoms with E-state index in [1.54, 1.807) is 31.4 Å². The highest BCUT2D eigenvalue weighted by Crippen LogP contribution is 2.42. The maximum atomic E-state index is 12.0. The van der Waals surface area contributed by atoms with Crippen molar-refractivity contribution in [3.8, 4) is 17.2 Å². The Bertz CT molecular complexity index is 697. The number of carbonyl (C=O) groups is 1. The van der Waals surface area contributed by atoms with Crippen molar-refractivity contribution in [3.05, 3.63) is 36.0 Å². The Morgan fingerprint density at radius 1 is 1.50 bits per heavy atom. The minimum atomic E-state index is -0.0665. The summed E-state index contributed by atoms with van der Waals surface area (Å²) in [5, 5.41) is -0.0665. The van der Waals surface area contributed by atoms with Crippen molar-refractivity contribution < 1.29 is 19.0 Å². The molecule has 1 aromatic rings. The second-order valence-electron chi connectivity index (χ2n) is 4.35. The van der Waals surface area contributed by atoms with Gasteiger partial charge in [-0.2, -0.15) is 0 Å². The monoisotopic (exact) mass is 335 g/mol. The standard InChI is InChI=1S/C15H13NO4S2/c1-3-4-21-15-16-10(14(17)22-15)5-9-6-11(18-2)13-12(7-9)19-8-20-13/h3,5-7H,1,4,8H2,2H3/b10-5+. The highest BCUT2D eigenvalue weighted by atomic mass is 32.2. The molecule has 0 saturated carbocycles. The molecular formula is C15H13NO4S2. The largest absolute Gasteiger partial charge is 0.493 e. The molecule has 0 saturated heterocycles. The summed E-state index contributed by atoms with van der Waals surface area (Å²) >= 11 is 2.63. The summed E-state index contributed by atoms with van der Waals surface area (Å²) in [5.74, 6) is 2.49. The van der Waals surface area contributed by atoms with Gasteiger partial charge >= 0.3 is 0 Å². The SMILES string of the molecule is C=CCSC1=N/C(=C/c2cc(OC)c3c(c2)OCO3)C(=O)S1. The zero-order valence-corrected chi connectivity index (χ0v) is 13.5. The summed E-state index contributed by atoms with van der Waals surface area (Å²) in [6.45, 7) is 3.82. The van der Waals surface area contributed by atoms with Crippen molar-refractivity contribution in [2.75, 3.05) is 19.7 Å². The third-order valence-corrected chi connectivity index (χ3v) is 4.91. The minimum Gasteiger partial charge on any atom is -0.493 e. The van der Waals surface area contributed by atoms with E-state index >= 15 is 0 Å². The molecule has 2 heterocycles. The first-order valence-electron chi connectivity index (χ1n) is 6.45. The number of ether oxygens (including phenoxy) is 3. The molecule has 114 valence electrons. The summed E-state index contributed by atoms with van der Waals surface area (Å²) in [6, 6.07) is 3.60. The summed E-state index contributed by atoms with van der Waals surface area (Å²) < 4.78 is 16.8. The van der Waals surface area contributed by atoms with Crippen LogP contribution in [0.4, 0.5) is 0 Å². The lowest BCUT2D eigenvalue weighted by Gasteiger charge is -2.05. The van der Waals surface area contributed by atoms with E-state index in [-0.39, 0.29) is 11.9 Å². The first kappa shape index (κ1) is 15.1. The smallest absolute Gasteiger partial charge is 0.244 e. The second-order valence-corrected chi connectivity index (χ2v) is 6.58. The number of fused-ring (bicyclic) bond motifs is 1. The summed E-state index contributed by atoms with van der Waals surface area (Å²) in [7, 11) is 1.56. The van der Waals surface area contributed by atoms with Crippen molar-refractivity contribution in [2.24, 2.45) is 4.99 Å². The topological polar surface area (TPSA) is 57.1 Å². The van der Waals surface area contributed by atoms with E-state index in [4.69, 9.17) is 14.2 Å². The normalized spacial score (nSPS) is 17.8. The van der Waals surface area contributed by atoms with E-state index in [0.717, 1.165) is 27.5 Å². The van der Waals surface area contributed by atoms with E-state index < -0.39 is 0 Å². The van der Waals surface area contributed by atoms with Crippen LogP contribution in [0.15, 0.2) is 35.5 Å². The number of aliphatic imine (C=N–C) groups is 1. The van der Waals surface area contributed by atoms with Gasteiger partial charge in [0.05, 0.1) is 7.11 Å². The van der Waals surface area contributed by atoms with Gasteiger partial charge < -0.3 is 14.2 Å². The molecule has 0 unspecified atom stereocenters. The van der Waals surface area contributed by atoms with Gasteiger partial charge in [-0.15, -0.1) is 6.58 Å². The Hall–Kier alpha value is -1.86. The van der Waals surface area contributed by atoms with Crippen LogP contribution in [0.25, 0.3) is 6.08 Å². The van der Waals surface area contributed by atoms with E-state index in [1.165, 1.54) is 11.8 Å². The summed E-state index contributed by atoms with van der Waals surface area (Å²) in [4.78, 5) is 16.3. The van der Waals surface area contributed by atoms with Crippen LogP contribution in [0, 0.1) is 0 Å². The summed E-state index contributed by atoms with van der Waals surface area (Å²) in [6.07, 6.45) is 3.50. The van der Waals surface area contributed by atoms with E-state index in [1.807, 2.05) is 0 Å². The molecule has 0 amide bonds. The molecule has 0 bridgehead atoms. The maximum Gasteiger partial charge on any atom is 0.244 e.